The van der Waals surface area contributed by atoms with Crippen molar-refractivity contribution < 1.29 is 23.3 Å². The maximum absolute atomic E-state index is 13.8. The molecule has 0 aromatic heterocycles. The third-order valence-electron chi connectivity index (χ3n) is 3.36. The Morgan fingerprint density at radius 3 is 2.12 bits per heavy atom. The zero-order valence-corrected chi connectivity index (χ0v) is 14.9. The van der Waals surface area contributed by atoms with Crippen LogP contribution in [0.2, 0.25) is 0 Å². The van der Waals surface area contributed by atoms with E-state index in [-0.39, 0.29) is 30.3 Å². The predicted octanol–water partition coefficient (Wildman–Crippen LogP) is 3.14. The van der Waals surface area contributed by atoms with E-state index in [1.54, 1.807) is 18.2 Å². The van der Waals surface area contributed by atoms with E-state index in [4.69, 9.17) is 30.1 Å². The highest BCUT2D eigenvalue weighted by Gasteiger charge is 2.15. The molecule has 0 spiro atoms. The fourth-order valence-corrected chi connectivity index (χ4v) is 2.27. The fraction of sp³-hybridized carbons (Fsp3) is 0.235. The zero-order valence-electron chi connectivity index (χ0n) is 14.1. The normalized spacial score (nSPS) is 9.76. The maximum Gasteiger partial charge on any atom is 0.203 e. The van der Waals surface area contributed by atoms with Gasteiger partial charge in [0.1, 0.15) is 24.0 Å². The SMILES string of the molecule is COc1cc(COc2cccc(F)c2C(=N)N)cc(OC)c1OC.Cl. The Morgan fingerprint density at radius 2 is 1.64 bits per heavy atom. The topological polar surface area (TPSA) is 86.8 Å². The van der Waals surface area contributed by atoms with E-state index in [2.05, 4.69) is 0 Å². The van der Waals surface area contributed by atoms with Crippen molar-refractivity contribution in [2.75, 3.05) is 21.3 Å². The molecule has 0 aliphatic heterocycles. The molecule has 0 unspecified atom stereocenters. The Hall–Kier alpha value is -2.67. The molecule has 136 valence electrons. The van der Waals surface area contributed by atoms with Crippen molar-refractivity contribution in [2.45, 2.75) is 6.61 Å². The van der Waals surface area contributed by atoms with Crippen LogP contribution in [0.25, 0.3) is 0 Å². The van der Waals surface area contributed by atoms with Crippen LogP contribution in [0.5, 0.6) is 23.0 Å². The van der Waals surface area contributed by atoms with Crippen molar-refractivity contribution in [2.24, 2.45) is 5.73 Å². The van der Waals surface area contributed by atoms with Gasteiger partial charge in [-0.25, -0.2) is 4.39 Å². The van der Waals surface area contributed by atoms with E-state index >= 15 is 0 Å². The molecule has 0 fully saturated rings. The number of nitrogens with one attached hydrogen (secondary N) is 1. The molecule has 8 heteroatoms. The molecule has 0 aliphatic rings. The Labute approximate surface area is 151 Å². The van der Waals surface area contributed by atoms with E-state index in [1.165, 1.54) is 33.5 Å². The lowest BCUT2D eigenvalue weighted by Crippen LogP contribution is -2.15. The lowest BCUT2D eigenvalue weighted by Gasteiger charge is -2.15. The molecule has 6 nitrogen and oxygen atoms in total. The molecule has 0 saturated heterocycles. The molecule has 2 rings (SSSR count). The Morgan fingerprint density at radius 1 is 1.04 bits per heavy atom. The highest BCUT2D eigenvalue weighted by Crippen LogP contribution is 2.38. The summed E-state index contributed by atoms with van der Waals surface area (Å²) in [7, 11) is 4.55. The predicted molar refractivity (Wildman–Crippen MR) is 95.1 cm³/mol. The molecule has 3 N–H and O–H groups in total. The summed E-state index contributed by atoms with van der Waals surface area (Å²) in [6.07, 6.45) is 0. The van der Waals surface area contributed by atoms with E-state index < -0.39 is 11.7 Å². The second kappa shape index (κ2) is 8.98. The summed E-state index contributed by atoms with van der Waals surface area (Å²) in [5, 5.41) is 7.48. The average molecular weight is 371 g/mol. The Bertz CT molecular complexity index is 730. The van der Waals surface area contributed by atoms with Crippen LogP contribution in [-0.2, 0) is 6.61 Å². The molecule has 0 saturated carbocycles. The fourth-order valence-electron chi connectivity index (χ4n) is 2.27. The molecular weight excluding hydrogens is 351 g/mol. The van der Waals surface area contributed by atoms with Crippen LogP contribution in [0.3, 0.4) is 0 Å². The quantitative estimate of drug-likeness (QED) is 0.577. The highest BCUT2D eigenvalue weighted by molar-refractivity contribution is 5.97. The molecule has 0 bridgehead atoms. The number of methoxy groups -OCH3 is 3. The number of benzene rings is 2. The van der Waals surface area contributed by atoms with Crippen molar-refractivity contribution in [1.29, 1.82) is 5.41 Å². The number of halogens is 2. The molecule has 0 aliphatic carbocycles. The summed E-state index contributed by atoms with van der Waals surface area (Å²) in [6.45, 7) is 0.112. The maximum atomic E-state index is 13.8. The third-order valence-corrected chi connectivity index (χ3v) is 3.36. The van der Waals surface area contributed by atoms with Gasteiger partial charge in [-0.1, -0.05) is 6.07 Å². The first-order chi connectivity index (χ1) is 11.5. The third kappa shape index (κ3) is 4.45. The first-order valence-corrected chi connectivity index (χ1v) is 7.06. The van der Waals surface area contributed by atoms with Crippen molar-refractivity contribution in [3.8, 4) is 23.0 Å². The van der Waals surface area contributed by atoms with Crippen LogP contribution in [0, 0.1) is 11.2 Å². The summed E-state index contributed by atoms with van der Waals surface area (Å²) < 4.78 is 35.2. The van der Waals surface area contributed by atoms with Gasteiger partial charge in [0.25, 0.3) is 0 Å². The molecule has 25 heavy (non-hydrogen) atoms. The minimum Gasteiger partial charge on any atom is -0.493 e. The van der Waals surface area contributed by atoms with Gasteiger partial charge in [-0.05, 0) is 29.8 Å². The van der Waals surface area contributed by atoms with Crippen molar-refractivity contribution in [1.82, 2.24) is 0 Å². The molecule has 2 aromatic carbocycles. The lowest BCUT2D eigenvalue weighted by molar-refractivity contribution is 0.296. The van der Waals surface area contributed by atoms with Gasteiger partial charge in [-0.15, -0.1) is 12.4 Å². The molecule has 0 atom stereocenters. The Kier molecular flexibility index (Phi) is 7.32. The van der Waals surface area contributed by atoms with Crippen LogP contribution >= 0.6 is 12.4 Å². The zero-order chi connectivity index (χ0) is 17.7. The molecule has 0 radical (unpaired) electrons. The van der Waals surface area contributed by atoms with Crippen LogP contribution in [0.1, 0.15) is 11.1 Å². The second-order valence-electron chi connectivity index (χ2n) is 4.85. The van der Waals surface area contributed by atoms with Crippen LogP contribution in [-0.4, -0.2) is 27.2 Å². The minimum atomic E-state index is -0.607. The van der Waals surface area contributed by atoms with Gasteiger partial charge < -0.3 is 24.7 Å². The molecule has 0 amide bonds. The number of nitrogen functional groups attached to an aromatic ring is 1. The van der Waals surface area contributed by atoms with Crippen LogP contribution < -0.4 is 24.7 Å². The highest BCUT2D eigenvalue weighted by atomic mass is 35.5. The first-order valence-electron chi connectivity index (χ1n) is 7.06. The monoisotopic (exact) mass is 370 g/mol. The van der Waals surface area contributed by atoms with Crippen LogP contribution in [0.15, 0.2) is 30.3 Å². The molecule has 2 aromatic rings. The number of nitrogens with two attached hydrogens (primary N) is 1. The summed E-state index contributed by atoms with van der Waals surface area (Å²) in [5.74, 6) is 0.635. The molecule has 0 heterocycles. The van der Waals surface area contributed by atoms with Gasteiger partial charge in [0.2, 0.25) is 5.75 Å². The summed E-state index contributed by atoms with van der Waals surface area (Å²) in [6, 6.07) is 7.73. The van der Waals surface area contributed by atoms with Gasteiger partial charge in [0, 0.05) is 0 Å². The van der Waals surface area contributed by atoms with E-state index in [9.17, 15) is 4.39 Å². The second-order valence-corrected chi connectivity index (χ2v) is 4.85. The number of rotatable bonds is 7. The smallest absolute Gasteiger partial charge is 0.203 e. The van der Waals surface area contributed by atoms with Crippen molar-refractivity contribution in [3.05, 3.63) is 47.3 Å². The minimum absolute atomic E-state index is 0. The number of amidine groups is 1. The van der Waals surface area contributed by atoms with Crippen molar-refractivity contribution in [3.63, 3.8) is 0 Å². The number of ether oxygens (including phenoxy) is 4. The standard InChI is InChI=1S/C17H19FN2O4.ClH/c1-21-13-7-10(8-14(22-2)16(13)23-3)9-24-12-6-4-5-11(18)15(12)17(19)20;/h4-8H,9H2,1-3H3,(H3,19,20);1H. The summed E-state index contributed by atoms with van der Waals surface area (Å²) in [4.78, 5) is 0. The number of hydrogen-bond acceptors (Lipinski definition) is 5. The van der Waals surface area contributed by atoms with Gasteiger partial charge in [0.05, 0.1) is 26.9 Å². The Balaban J connectivity index is 0.00000312. The van der Waals surface area contributed by atoms with E-state index in [0.717, 1.165) is 5.56 Å². The van der Waals surface area contributed by atoms with Gasteiger partial charge in [-0.3, -0.25) is 5.41 Å². The van der Waals surface area contributed by atoms with Gasteiger partial charge in [0.15, 0.2) is 11.5 Å². The lowest BCUT2D eigenvalue weighted by atomic mass is 10.1. The number of hydrogen-bond donors (Lipinski definition) is 2. The first kappa shape index (κ1) is 20.4. The summed E-state index contributed by atoms with van der Waals surface area (Å²) in [5.41, 5.74) is 6.08. The summed E-state index contributed by atoms with van der Waals surface area (Å²) >= 11 is 0. The van der Waals surface area contributed by atoms with E-state index in [0.29, 0.717) is 17.2 Å². The largest absolute Gasteiger partial charge is 0.493 e. The van der Waals surface area contributed by atoms with Crippen molar-refractivity contribution >= 4 is 18.2 Å². The average Bonchev–Trinajstić information content (AvgIpc) is 2.58. The van der Waals surface area contributed by atoms with E-state index in [1.807, 2.05) is 0 Å². The van der Waals surface area contributed by atoms with Gasteiger partial charge >= 0.3 is 0 Å². The van der Waals surface area contributed by atoms with Gasteiger partial charge in [-0.2, -0.15) is 0 Å². The molecular formula is C17H20ClFN2O4. The van der Waals surface area contributed by atoms with Crippen LogP contribution in [0.4, 0.5) is 4.39 Å².